The summed E-state index contributed by atoms with van der Waals surface area (Å²) in [6.07, 6.45) is 6.20. The fourth-order valence-corrected chi connectivity index (χ4v) is 3.48. The maximum atomic E-state index is 11.5. The normalized spacial score (nSPS) is 18.6. The third-order valence-corrected chi connectivity index (χ3v) is 4.88. The van der Waals surface area contributed by atoms with Gasteiger partial charge in [0.1, 0.15) is 5.54 Å². The van der Waals surface area contributed by atoms with Crippen molar-refractivity contribution in [2.75, 3.05) is 12.9 Å². The number of nitrogens with two attached hydrogens (primary N) is 1. The number of nitrogens with zero attached hydrogens (tertiary/aromatic N) is 4. The van der Waals surface area contributed by atoms with Crippen molar-refractivity contribution in [2.45, 2.75) is 62.2 Å². The minimum Gasteiger partial charge on any atom is -0.468 e. The Balaban J connectivity index is 1.79. The second-order valence-corrected chi connectivity index (χ2v) is 6.77. The molecule has 0 spiro atoms. The molecular weight excluding hydrogens is 290 g/mol. The number of carbonyl (C=O) groups is 1. The first-order valence-corrected chi connectivity index (χ1v) is 8.31. The summed E-state index contributed by atoms with van der Waals surface area (Å²) in [4.78, 5) is 11.5. The van der Waals surface area contributed by atoms with Gasteiger partial charge >= 0.3 is 5.97 Å². The summed E-state index contributed by atoms with van der Waals surface area (Å²) in [5, 5.41) is 12.8. The zero-order chi connectivity index (χ0) is 15.3. The Kier molecular flexibility index (Phi) is 5.58. The van der Waals surface area contributed by atoms with Crippen LogP contribution in [0.5, 0.6) is 0 Å². The Bertz CT molecular complexity index is 471. The van der Waals surface area contributed by atoms with Crippen LogP contribution < -0.4 is 5.73 Å². The van der Waals surface area contributed by atoms with Gasteiger partial charge in [-0.25, -0.2) is 4.68 Å². The van der Waals surface area contributed by atoms with E-state index < -0.39 is 5.54 Å². The molecule has 1 fully saturated rings. The van der Waals surface area contributed by atoms with Crippen LogP contribution in [0.2, 0.25) is 0 Å². The molecule has 1 aromatic heterocycles. The fraction of sp³-hybridized carbons (Fsp3) is 0.846. The molecule has 1 unspecified atom stereocenters. The van der Waals surface area contributed by atoms with Gasteiger partial charge in [-0.05, 0) is 43.0 Å². The quantitative estimate of drug-likeness (QED) is 0.463. The Morgan fingerprint density at radius 3 is 2.90 bits per heavy atom. The molecule has 0 saturated heterocycles. The highest BCUT2D eigenvalue weighted by molar-refractivity contribution is 7.99. The summed E-state index contributed by atoms with van der Waals surface area (Å²) in [6, 6.07) is 0.442. The molecule has 2 rings (SSSR count). The number of carbonyl (C=O) groups excluding carboxylic acids is 1. The first-order chi connectivity index (χ1) is 10.0. The SMILES string of the molecule is COC(=O)C(C)(N)CCCSc1nnnn1C1CCCC1. The molecule has 1 aliphatic rings. The van der Waals surface area contributed by atoms with Crippen LogP contribution in [-0.4, -0.2) is 44.6 Å². The minimum atomic E-state index is -0.924. The lowest BCUT2D eigenvalue weighted by molar-refractivity contribution is -0.146. The molecular formula is C13H23N5O2S. The average molecular weight is 313 g/mol. The molecule has 1 atom stereocenters. The number of rotatable bonds is 7. The highest BCUT2D eigenvalue weighted by Gasteiger charge is 2.28. The van der Waals surface area contributed by atoms with Gasteiger partial charge in [0.25, 0.3) is 0 Å². The topological polar surface area (TPSA) is 95.9 Å². The maximum absolute atomic E-state index is 11.5. The van der Waals surface area contributed by atoms with E-state index in [1.165, 1.54) is 20.0 Å². The van der Waals surface area contributed by atoms with E-state index in [9.17, 15) is 4.79 Å². The van der Waals surface area contributed by atoms with Gasteiger partial charge in [-0.15, -0.1) is 5.10 Å². The third kappa shape index (κ3) is 4.16. The molecule has 0 aromatic carbocycles. The summed E-state index contributed by atoms with van der Waals surface area (Å²) >= 11 is 1.62. The van der Waals surface area contributed by atoms with Crippen LogP contribution in [0.15, 0.2) is 5.16 Å². The molecule has 1 aliphatic carbocycles. The van der Waals surface area contributed by atoms with Crippen LogP contribution in [0.25, 0.3) is 0 Å². The highest BCUT2D eigenvalue weighted by atomic mass is 32.2. The van der Waals surface area contributed by atoms with Crippen molar-refractivity contribution in [2.24, 2.45) is 5.73 Å². The molecule has 0 amide bonds. The maximum Gasteiger partial charge on any atom is 0.325 e. The number of ether oxygens (including phenoxy) is 1. The minimum absolute atomic E-state index is 0.372. The summed E-state index contributed by atoms with van der Waals surface area (Å²) in [5.74, 6) is 0.458. The number of aromatic nitrogens is 4. The van der Waals surface area contributed by atoms with Gasteiger partial charge in [-0.3, -0.25) is 4.79 Å². The highest BCUT2D eigenvalue weighted by Crippen LogP contribution is 2.31. The van der Waals surface area contributed by atoms with E-state index in [4.69, 9.17) is 10.5 Å². The zero-order valence-corrected chi connectivity index (χ0v) is 13.4. The largest absolute Gasteiger partial charge is 0.468 e. The Morgan fingerprint density at radius 1 is 1.52 bits per heavy atom. The number of hydrogen-bond donors (Lipinski definition) is 1. The standard InChI is InChI=1S/C13H23N5O2S/c1-13(14,11(19)20-2)8-5-9-21-12-15-16-17-18(12)10-6-3-4-7-10/h10H,3-9,14H2,1-2H3. The molecule has 1 aromatic rings. The van der Waals surface area contributed by atoms with Crippen LogP contribution in [0.3, 0.4) is 0 Å². The number of hydrogen-bond acceptors (Lipinski definition) is 7. The lowest BCUT2D eigenvalue weighted by Crippen LogP contribution is -2.45. The van der Waals surface area contributed by atoms with Crippen LogP contribution in [0.1, 0.15) is 51.5 Å². The van der Waals surface area contributed by atoms with Crippen LogP contribution in [-0.2, 0) is 9.53 Å². The van der Waals surface area contributed by atoms with Crippen molar-refractivity contribution >= 4 is 17.7 Å². The molecule has 0 aliphatic heterocycles. The molecule has 1 saturated carbocycles. The van der Waals surface area contributed by atoms with Crippen molar-refractivity contribution < 1.29 is 9.53 Å². The summed E-state index contributed by atoms with van der Waals surface area (Å²) in [6.45, 7) is 1.70. The number of esters is 1. The molecule has 0 radical (unpaired) electrons. The number of thioether (sulfide) groups is 1. The average Bonchev–Trinajstić information content (AvgIpc) is 3.12. The fourth-order valence-electron chi connectivity index (χ4n) is 2.60. The molecule has 2 N–H and O–H groups in total. The smallest absolute Gasteiger partial charge is 0.325 e. The molecule has 1 heterocycles. The van der Waals surface area contributed by atoms with Gasteiger partial charge in [0.15, 0.2) is 0 Å². The van der Waals surface area contributed by atoms with E-state index in [-0.39, 0.29) is 5.97 Å². The van der Waals surface area contributed by atoms with Gasteiger partial charge in [0.2, 0.25) is 5.16 Å². The van der Waals surface area contributed by atoms with Gasteiger partial charge in [-0.2, -0.15) is 0 Å². The van der Waals surface area contributed by atoms with Gasteiger partial charge in [-0.1, -0.05) is 24.6 Å². The molecule has 118 valence electrons. The summed E-state index contributed by atoms with van der Waals surface area (Å²) < 4.78 is 6.64. The third-order valence-electron chi connectivity index (χ3n) is 3.86. The van der Waals surface area contributed by atoms with Crippen molar-refractivity contribution in [1.82, 2.24) is 20.2 Å². The van der Waals surface area contributed by atoms with Gasteiger partial charge in [0, 0.05) is 5.75 Å². The van der Waals surface area contributed by atoms with Gasteiger partial charge < -0.3 is 10.5 Å². The zero-order valence-electron chi connectivity index (χ0n) is 12.6. The predicted molar refractivity (Wildman–Crippen MR) is 79.9 cm³/mol. The van der Waals surface area contributed by atoms with Gasteiger partial charge in [0.05, 0.1) is 13.2 Å². The predicted octanol–water partition coefficient (Wildman–Crippen LogP) is 1.55. The molecule has 8 heteroatoms. The second kappa shape index (κ2) is 7.22. The second-order valence-electron chi connectivity index (χ2n) is 5.71. The van der Waals surface area contributed by atoms with E-state index in [2.05, 4.69) is 15.5 Å². The monoisotopic (exact) mass is 313 g/mol. The molecule has 0 bridgehead atoms. The van der Waals surface area contributed by atoms with Crippen LogP contribution in [0.4, 0.5) is 0 Å². The molecule has 21 heavy (non-hydrogen) atoms. The summed E-state index contributed by atoms with van der Waals surface area (Å²) in [5.41, 5.74) is 5.01. The van der Waals surface area contributed by atoms with E-state index in [1.807, 2.05) is 4.68 Å². The van der Waals surface area contributed by atoms with Crippen LogP contribution >= 0.6 is 11.8 Å². The number of tetrazole rings is 1. The lowest BCUT2D eigenvalue weighted by atomic mass is 9.98. The Hall–Kier alpha value is -1.15. The lowest BCUT2D eigenvalue weighted by Gasteiger charge is -2.20. The molecule has 7 nitrogen and oxygen atoms in total. The van der Waals surface area contributed by atoms with Crippen molar-refractivity contribution in [1.29, 1.82) is 0 Å². The summed E-state index contributed by atoms with van der Waals surface area (Å²) in [7, 11) is 1.36. The van der Waals surface area contributed by atoms with E-state index >= 15 is 0 Å². The van der Waals surface area contributed by atoms with E-state index in [0.717, 1.165) is 30.2 Å². The number of methoxy groups -OCH3 is 1. The first-order valence-electron chi connectivity index (χ1n) is 7.32. The Morgan fingerprint density at radius 2 is 2.24 bits per heavy atom. The Labute approximate surface area is 129 Å². The van der Waals surface area contributed by atoms with Crippen LogP contribution in [0, 0.1) is 0 Å². The first kappa shape index (κ1) is 16.2. The van der Waals surface area contributed by atoms with E-state index in [0.29, 0.717) is 12.5 Å². The van der Waals surface area contributed by atoms with Crippen molar-refractivity contribution in [3.63, 3.8) is 0 Å². The van der Waals surface area contributed by atoms with Crippen molar-refractivity contribution in [3.8, 4) is 0 Å². The van der Waals surface area contributed by atoms with E-state index in [1.54, 1.807) is 18.7 Å². The van der Waals surface area contributed by atoms with Crippen molar-refractivity contribution in [3.05, 3.63) is 0 Å².